The van der Waals surface area contributed by atoms with E-state index in [4.69, 9.17) is 4.74 Å². The highest BCUT2D eigenvalue weighted by molar-refractivity contribution is 5.96. The number of halogens is 1. The molecule has 0 aliphatic rings. The molecule has 2 aromatic carbocycles. The number of carbonyl (C=O) groups is 1. The van der Waals surface area contributed by atoms with Gasteiger partial charge in [0.05, 0.1) is 7.11 Å². The molecule has 0 amide bonds. The highest BCUT2D eigenvalue weighted by Gasteiger charge is 2.18. The summed E-state index contributed by atoms with van der Waals surface area (Å²) in [6.45, 7) is 0.352. The van der Waals surface area contributed by atoms with E-state index in [0.29, 0.717) is 23.7 Å². The lowest BCUT2D eigenvalue weighted by atomic mass is 10.2. The number of hydrogen-bond acceptors (Lipinski definition) is 6. The molecular formula is C22H18FN5O2. The molecule has 7 nitrogen and oxygen atoms in total. The molecule has 1 N–H and O–H groups in total. The van der Waals surface area contributed by atoms with Crippen LogP contribution in [-0.2, 0) is 6.54 Å². The molecule has 0 spiro atoms. The Labute approximate surface area is 172 Å². The first-order chi connectivity index (χ1) is 14.6. The molecular weight excluding hydrogens is 385 g/mol. The Balaban J connectivity index is 1.67. The molecule has 0 atom stereocenters. The van der Waals surface area contributed by atoms with Crippen LogP contribution in [0.2, 0.25) is 0 Å². The van der Waals surface area contributed by atoms with Crippen molar-refractivity contribution in [1.82, 2.24) is 19.7 Å². The predicted octanol–water partition coefficient (Wildman–Crippen LogP) is 3.79. The van der Waals surface area contributed by atoms with Crippen molar-refractivity contribution in [1.29, 1.82) is 0 Å². The van der Waals surface area contributed by atoms with Gasteiger partial charge in [0.1, 0.15) is 11.6 Å². The van der Waals surface area contributed by atoms with Crippen LogP contribution in [0, 0.1) is 5.82 Å². The molecule has 2 aromatic heterocycles. The third kappa shape index (κ3) is 4.17. The number of anilines is 1. The second-order valence-corrected chi connectivity index (χ2v) is 6.42. The molecule has 8 heteroatoms. The summed E-state index contributed by atoms with van der Waals surface area (Å²) in [6, 6.07) is 16.5. The van der Waals surface area contributed by atoms with Crippen molar-refractivity contribution < 1.29 is 13.9 Å². The normalized spacial score (nSPS) is 10.6. The minimum Gasteiger partial charge on any atom is -0.497 e. The largest absolute Gasteiger partial charge is 0.497 e. The number of nitrogens with one attached hydrogen (secondary N) is 1. The molecule has 0 fully saturated rings. The maximum Gasteiger partial charge on any atom is 0.281 e. The zero-order valence-electron chi connectivity index (χ0n) is 16.1. The summed E-state index contributed by atoms with van der Waals surface area (Å²) in [5, 5.41) is 7.53. The lowest BCUT2D eigenvalue weighted by Crippen LogP contribution is -2.17. The van der Waals surface area contributed by atoms with E-state index < -0.39 is 0 Å². The average Bonchev–Trinajstić information content (AvgIpc) is 3.23. The van der Waals surface area contributed by atoms with Gasteiger partial charge in [0.25, 0.3) is 5.91 Å². The van der Waals surface area contributed by atoms with E-state index >= 15 is 0 Å². The van der Waals surface area contributed by atoms with Crippen LogP contribution in [0.15, 0.2) is 73.1 Å². The number of benzene rings is 2. The second-order valence-electron chi connectivity index (χ2n) is 6.42. The minimum atomic E-state index is -0.341. The summed E-state index contributed by atoms with van der Waals surface area (Å²) in [4.78, 5) is 21.4. The van der Waals surface area contributed by atoms with Crippen LogP contribution in [0.5, 0.6) is 5.75 Å². The lowest BCUT2D eigenvalue weighted by Gasteiger charge is -2.07. The van der Waals surface area contributed by atoms with Crippen LogP contribution < -0.4 is 10.1 Å². The first kappa shape index (κ1) is 19.3. The molecule has 0 aliphatic heterocycles. The molecule has 0 unspecified atom stereocenters. The Bertz CT molecular complexity index is 1140. The Kier molecular flexibility index (Phi) is 5.47. The van der Waals surface area contributed by atoms with Crippen LogP contribution in [0.1, 0.15) is 15.9 Å². The maximum absolute atomic E-state index is 13.1. The summed E-state index contributed by atoms with van der Waals surface area (Å²) >= 11 is 0. The SMILES string of the molecule is COc1ccc(-c2nc(NCc3ccc(F)cc3)n(C(=O)c3ccncc3)n2)cc1. The monoisotopic (exact) mass is 403 g/mol. The van der Waals surface area contributed by atoms with Crippen molar-refractivity contribution in [2.45, 2.75) is 6.54 Å². The van der Waals surface area contributed by atoms with E-state index in [9.17, 15) is 9.18 Å². The van der Waals surface area contributed by atoms with E-state index in [1.54, 1.807) is 55.9 Å². The van der Waals surface area contributed by atoms with Gasteiger partial charge in [-0.3, -0.25) is 9.78 Å². The van der Waals surface area contributed by atoms with Gasteiger partial charge in [-0.1, -0.05) is 12.1 Å². The molecule has 4 aromatic rings. The third-order valence-electron chi connectivity index (χ3n) is 4.44. The molecule has 150 valence electrons. The molecule has 2 heterocycles. The van der Waals surface area contributed by atoms with E-state index in [2.05, 4.69) is 20.4 Å². The van der Waals surface area contributed by atoms with Gasteiger partial charge in [0, 0.05) is 30.1 Å². The standard InChI is InChI=1S/C22H18FN5O2/c1-30-19-8-4-16(5-9-19)20-26-22(25-14-15-2-6-18(23)7-3-15)28(27-20)21(29)17-10-12-24-13-11-17/h2-13H,14H2,1H3,(H,25,26,27). The van der Waals surface area contributed by atoms with E-state index in [0.717, 1.165) is 11.1 Å². The number of carbonyl (C=O) groups excluding carboxylic acids is 1. The van der Waals surface area contributed by atoms with Gasteiger partial charge in [0.2, 0.25) is 5.95 Å². The number of aromatic nitrogens is 4. The Morgan fingerprint density at radius 3 is 2.40 bits per heavy atom. The fourth-order valence-electron chi connectivity index (χ4n) is 2.83. The maximum atomic E-state index is 13.1. The highest BCUT2D eigenvalue weighted by Crippen LogP contribution is 2.22. The first-order valence-corrected chi connectivity index (χ1v) is 9.18. The Morgan fingerprint density at radius 2 is 1.73 bits per heavy atom. The fraction of sp³-hybridized carbons (Fsp3) is 0.0909. The van der Waals surface area contributed by atoms with Gasteiger partial charge in [-0.05, 0) is 54.1 Å². The molecule has 0 saturated heterocycles. The van der Waals surface area contributed by atoms with Gasteiger partial charge >= 0.3 is 0 Å². The minimum absolute atomic E-state index is 0.284. The van der Waals surface area contributed by atoms with Gasteiger partial charge in [-0.15, -0.1) is 5.10 Å². The Morgan fingerprint density at radius 1 is 1.03 bits per heavy atom. The number of nitrogens with zero attached hydrogens (tertiary/aromatic N) is 4. The van der Waals surface area contributed by atoms with Crippen LogP contribution in [0.25, 0.3) is 11.4 Å². The zero-order chi connectivity index (χ0) is 20.9. The summed E-state index contributed by atoms with van der Waals surface area (Å²) in [5.41, 5.74) is 2.01. The second kappa shape index (κ2) is 8.52. The summed E-state index contributed by atoms with van der Waals surface area (Å²) in [7, 11) is 1.59. The van der Waals surface area contributed by atoms with Crippen molar-refractivity contribution in [2.75, 3.05) is 12.4 Å². The van der Waals surface area contributed by atoms with Crippen LogP contribution >= 0.6 is 0 Å². The summed E-state index contributed by atoms with van der Waals surface area (Å²) in [5.74, 6) is 0.733. The lowest BCUT2D eigenvalue weighted by molar-refractivity contribution is 0.0947. The van der Waals surface area contributed by atoms with E-state index in [-0.39, 0.29) is 17.7 Å². The van der Waals surface area contributed by atoms with E-state index in [1.807, 2.05) is 12.1 Å². The van der Waals surface area contributed by atoms with Crippen molar-refractivity contribution in [3.8, 4) is 17.1 Å². The number of pyridine rings is 1. The average molecular weight is 403 g/mol. The molecule has 0 saturated carbocycles. The van der Waals surface area contributed by atoms with Gasteiger partial charge in [-0.25, -0.2) is 4.39 Å². The predicted molar refractivity (Wildman–Crippen MR) is 110 cm³/mol. The summed E-state index contributed by atoms with van der Waals surface area (Å²) < 4.78 is 19.5. The van der Waals surface area contributed by atoms with Crippen molar-refractivity contribution in [2.24, 2.45) is 0 Å². The van der Waals surface area contributed by atoms with Crippen molar-refractivity contribution in [3.05, 3.63) is 90.0 Å². The number of hydrogen-bond donors (Lipinski definition) is 1. The van der Waals surface area contributed by atoms with Crippen LogP contribution in [0.4, 0.5) is 10.3 Å². The van der Waals surface area contributed by atoms with Gasteiger partial charge in [-0.2, -0.15) is 9.67 Å². The zero-order valence-corrected chi connectivity index (χ0v) is 16.1. The molecule has 0 aliphatic carbocycles. The number of methoxy groups -OCH3 is 1. The highest BCUT2D eigenvalue weighted by atomic mass is 19.1. The smallest absolute Gasteiger partial charge is 0.281 e. The molecule has 30 heavy (non-hydrogen) atoms. The van der Waals surface area contributed by atoms with E-state index in [1.165, 1.54) is 16.8 Å². The topological polar surface area (TPSA) is 81.9 Å². The van der Waals surface area contributed by atoms with Crippen LogP contribution in [0.3, 0.4) is 0 Å². The quantitative estimate of drug-likeness (QED) is 0.528. The molecule has 0 bridgehead atoms. The van der Waals surface area contributed by atoms with Crippen molar-refractivity contribution in [3.63, 3.8) is 0 Å². The van der Waals surface area contributed by atoms with Gasteiger partial charge < -0.3 is 10.1 Å². The number of rotatable bonds is 6. The van der Waals surface area contributed by atoms with Crippen LogP contribution in [-0.4, -0.2) is 32.8 Å². The fourth-order valence-corrected chi connectivity index (χ4v) is 2.83. The number of ether oxygens (including phenoxy) is 1. The molecule has 4 rings (SSSR count). The van der Waals surface area contributed by atoms with Gasteiger partial charge in [0.15, 0.2) is 5.82 Å². The first-order valence-electron chi connectivity index (χ1n) is 9.18. The molecule has 0 radical (unpaired) electrons. The summed E-state index contributed by atoms with van der Waals surface area (Å²) in [6.07, 6.45) is 3.08. The Hall–Kier alpha value is -4.07. The van der Waals surface area contributed by atoms with Crippen molar-refractivity contribution >= 4 is 11.9 Å². The third-order valence-corrected chi connectivity index (χ3v) is 4.44.